The highest BCUT2D eigenvalue weighted by Crippen LogP contribution is 2.33. The third-order valence-electron chi connectivity index (χ3n) is 4.93. The Balaban J connectivity index is 0.00000100. The van der Waals surface area contributed by atoms with Gasteiger partial charge in [-0.1, -0.05) is 18.1 Å². The molecular formula is C22H24FIN4O6S. The predicted molar refractivity (Wildman–Crippen MR) is 134 cm³/mol. The SMILES string of the molecule is CC#CCOc1ccc(S(=O)(=O)N2CCN(C(N)=O)C(c3ccc(F)cc3)C2O)cc1.O=CNI. The Kier molecular flexibility index (Phi) is 10.7. The number of carbonyl (C=O) groups is 2. The summed E-state index contributed by atoms with van der Waals surface area (Å²) in [5.41, 5.74) is 5.78. The van der Waals surface area contributed by atoms with Crippen LogP contribution in [0.15, 0.2) is 53.4 Å². The van der Waals surface area contributed by atoms with E-state index in [9.17, 15) is 22.7 Å². The van der Waals surface area contributed by atoms with E-state index in [4.69, 9.17) is 15.3 Å². The Hall–Kier alpha value is -2.93. The minimum atomic E-state index is -4.10. The fourth-order valence-corrected chi connectivity index (χ4v) is 4.83. The zero-order valence-electron chi connectivity index (χ0n) is 18.6. The second kappa shape index (κ2) is 13.2. The molecule has 0 saturated carbocycles. The number of primary amides is 1. The number of sulfonamides is 1. The number of piperazine rings is 1. The van der Waals surface area contributed by atoms with Crippen LogP contribution in [0.1, 0.15) is 18.5 Å². The molecule has 0 bridgehead atoms. The summed E-state index contributed by atoms with van der Waals surface area (Å²) in [4.78, 5) is 22.1. The van der Waals surface area contributed by atoms with E-state index < -0.39 is 34.1 Å². The van der Waals surface area contributed by atoms with E-state index in [1.165, 1.54) is 36.4 Å². The molecule has 1 aliphatic rings. The Morgan fingerprint density at radius 1 is 1.26 bits per heavy atom. The fourth-order valence-electron chi connectivity index (χ4n) is 3.35. The molecule has 0 aromatic heterocycles. The number of aliphatic hydroxyl groups is 1. The molecule has 1 aliphatic heterocycles. The minimum Gasteiger partial charge on any atom is -0.481 e. The number of ether oxygens (including phenoxy) is 1. The van der Waals surface area contributed by atoms with Gasteiger partial charge in [0, 0.05) is 13.1 Å². The summed E-state index contributed by atoms with van der Waals surface area (Å²) >= 11 is 1.73. The number of carbonyl (C=O) groups excluding carboxylic acids is 2. The van der Waals surface area contributed by atoms with Gasteiger partial charge in [-0.25, -0.2) is 17.6 Å². The molecule has 0 aliphatic carbocycles. The van der Waals surface area contributed by atoms with Gasteiger partial charge in [-0.3, -0.25) is 4.79 Å². The number of hydrogen-bond acceptors (Lipinski definition) is 6. The van der Waals surface area contributed by atoms with Crippen LogP contribution in [0, 0.1) is 17.7 Å². The normalized spacial score (nSPS) is 17.8. The number of nitrogens with zero attached hydrogens (tertiary/aromatic N) is 2. The average molecular weight is 618 g/mol. The van der Waals surface area contributed by atoms with E-state index in [-0.39, 0.29) is 24.6 Å². The number of aliphatic hydroxyl groups excluding tert-OH is 1. The molecule has 3 amide bonds. The van der Waals surface area contributed by atoms with E-state index in [1.807, 2.05) is 0 Å². The highest BCUT2D eigenvalue weighted by atomic mass is 127. The first-order chi connectivity index (χ1) is 16.7. The van der Waals surface area contributed by atoms with Crippen molar-refractivity contribution in [1.29, 1.82) is 0 Å². The van der Waals surface area contributed by atoms with Crippen molar-refractivity contribution in [3.05, 3.63) is 59.9 Å². The molecule has 35 heavy (non-hydrogen) atoms. The lowest BCUT2D eigenvalue weighted by atomic mass is 10.0. The summed E-state index contributed by atoms with van der Waals surface area (Å²) in [5.74, 6) is 5.37. The van der Waals surface area contributed by atoms with Gasteiger partial charge in [0.15, 0.2) is 0 Å². The van der Waals surface area contributed by atoms with Crippen molar-refractivity contribution in [3.8, 4) is 17.6 Å². The van der Waals surface area contributed by atoms with Gasteiger partial charge >= 0.3 is 6.03 Å². The van der Waals surface area contributed by atoms with Crippen molar-refractivity contribution in [2.45, 2.75) is 24.1 Å². The van der Waals surface area contributed by atoms with Crippen LogP contribution in [0.3, 0.4) is 0 Å². The van der Waals surface area contributed by atoms with E-state index in [0.29, 0.717) is 17.7 Å². The van der Waals surface area contributed by atoms with Crippen LogP contribution in [0.4, 0.5) is 9.18 Å². The van der Waals surface area contributed by atoms with E-state index in [1.54, 1.807) is 29.8 Å². The number of halogens is 2. The minimum absolute atomic E-state index is 0.0372. The van der Waals surface area contributed by atoms with Gasteiger partial charge in [-0.15, -0.1) is 5.92 Å². The molecular weight excluding hydrogens is 594 g/mol. The number of nitrogens with two attached hydrogens (primary N) is 1. The van der Waals surface area contributed by atoms with Crippen molar-refractivity contribution in [3.63, 3.8) is 0 Å². The molecule has 2 aromatic carbocycles. The second-order valence-corrected chi connectivity index (χ2v) is 9.48. The second-order valence-electron chi connectivity index (χ2n) is 6.97. The molecule has 0 spiro atoms. The Bertz CT molecular complexity index is 1170. The molecule has 10 nitrogen and oxygen atoms in total. The van der Waals surface area contributed by atoms with Crippen molar-refractivity contribution in [2.75, 3.05) is 19.7 Å². The van der Waals surface area contributed by atoms with Crippen LogP contribution >= 0.6 is 22.9 Å². The third kappa shape index (κ3) is 7.28. The van der Waals surface area contributed by atoms with Crippen LogP contribution in [0.2, 0.25) is 0 Å². The molecule has 2 unspecified atom stereocenters. The first-order valence-corrected chi connectivity index (χ1v) is 12.6. The van der Waals surface area contributed by atoms with Crippen molar-refractivity contribution in [2.24, 2.45) is 5.73 Å². The summed E-state index contributed by atoms with van der Waals surface area (Å²) in [5, 5.41) is 10.9. The van der Waals surface area contributed by atoms with Crippen LogP contribution in [0.5, 0.6) is 5.75 Å². The Morgan fingerprint density at radius 3 is 2.37 bits per heavy atom. The molecule has 2 aromatic rings. The average Bonchev–Trinajstić information content (AvgIpc) is 2.85. The number of rotatable bonds is 6. The summed E-state index contributed by atoms with van der Waals surface area (Å²) < 4.78 is 48.2. The van der Waals surface area contributed by atoms with Crippen molar-refractivity contribution < 1.29 is 32.2 Å². The summed E-state index contributed by atoms with van der Waals surface area (Å²) in [6, 6.07) is 8.89. The Labute approximate surface area is 216 Å². The van der Waals surface area contributed by atoms with Crippen molar-refractivity contribution in [1.82, 2.24) is 12.7 Å². The first kappa shape index (κ1) is 28.3. The smallest absolute Gasteiger partial charge is 0.315 e. The Morgan fingerprint density at radius 2 is 1.86 bits per heavy atom. The highest BCUT2D eigenvalue weighted by Gasteiger charge is 2.43. The van der Waals surface area contributed by atoms with Gasteiger partial charge in [-0.2, -0.15) is 4.31 Å². The van der Waals surface area contributed by atoms with Crippen LogP contribution in [0.25, 0.3) is 0 Å². The predicted octanol–water partition coefficient (Wildman–Crippen LogP) is 1.75. The van der Waals surface area contributed by atoms with Gasteiger partial charge in [-0.05, 0) is 48.9 Å². The maximum absolute atomic E-state index is 13.3. The maximum Gasteiger partial charge on any atom is 0.315 e. The topological polar surface area (TPSA) is 142 Å². The van der Waals surface area contributed by atoms with Gasteiger partial charge < -0.3 is 24.0 Å². The molecule has 3 rings (SSSR count). The number of amides is 3. The van der Waals surface area contributed by atoms with Gasteiger partial charge in [0.25, 0.3) is 0 Å². The quantitative estimate of drug-likeness (QED) is 0.195. The van der Waals surface area contributed by atoms with E-state index in [0.717, 1.165) is 21.3 Å². The van der Waals surface area contributed by atoms with Crippen molar-refractivity contribution >= 4 is 45.3 Å². The zero-order chi connectivity index (χ0) is 26.0. The standard InChI is InChI=1S/C21H22FN3O5S.CH2INO/c1-2-3-14-30-17-8-10-18(11-9-17)31(28,29)25-13-12-24(21(23)27)19(20(25)26)15-4-6-16(22)7-5-15;2-3-1-4/h4-11,19-20,26H,12-14H2,1H3,(H2,23,27);1H,(H,3,4). The fraction of sp³-hybridized carbons (Fsp3) is 0.273. The van der Waals surface area contributed by atoms with Gasteiger partial charge in [0.2, 0.25) is 16.4 Å². The largest absolute Gasteiger partial charge is 0.481 e. The highest BCUT2D eigenvalue weighted by molar-refractivity contribution is 14.1. The van der Waals surface area contributed by atoms with Gasteiger partial charge in [0.05, 0.1) is 33.8 Å². The maximum atomic E-state index is 13.3. The molecule has 1 fully saturated rings. The number of urea groups is 1. The number of hydrogen-bond donors (Lipinski definition) is 3. The van der Waals surface area contributed by atoms with Crippen LogP contribution in [-0.4, -0.2) is 61.1 Å². The molecule has 1 saturated heterocycles. The van der Waals surface area contributed by atoms with E-state index >= 15 is 0 Å². The molecule has 13 heteroatoms. The van der Waals surface area contributed by atoms with Crippen LogP contribution in [-0.2, 0) is 14.8 Å². The molecule has 4 N–H and O–H groups in total. The molecule has 1 heterocycles. The third-order valence-corrected chi connectivity index (χ3v) is 7.07. The van der Waals surface area contributed by atoms with Gasteiger partial charge in [0.1, 0.15) is 24.4 Å². The van der Waals surface area contributed by atoms with E-state index in [2.05, 4.69) is 15.4 Å². The number of nitrogens with one attached hydrogen (secondary N) is 1. The number of benzene rings is 2. The first-order valence-electron chi connectivity index (χ1n) is 10.1. The lowest BCUT2D eigenvalue weighted by molar-refractivity contribution is -0.107. The molecule has 0 radical (unpaired) electrons. The summed E-state index contributed by atoms with van der Waals surface area (Å²) in [6.45, 7) is 1.66. The lowest BCUT2D eigenvalue weighted by Crippen LogP contribution is -2.59. The summed E-state index contributed by atoms with van der Waals surface area (Å²) in [7, 11) is -4.10. The molecule has 2 atom stereocenters. The zero-order valence-corrected chi connectivity index (χ0v) is 21.6. The van der Waals surface area contributed by atoms with Crippen LogP contribution < -0.4 is 14.0 Å². The molecule has 188 valence electrons. The monoisotopic (exact) mass is 618 g/mol. The lowest BCUT2D eigenvalue weighted by Gasteiger charge is -2.43. The summed E-state index contributed by atoms with van der Waals surface area (Å²) in [6.07, 6.45) is -1.01.